The van der Waals surface area contributed by atoms with Crippen LogP contribution in [0.5, 0.6) is 5.88 Å². The number of halogens is 1. The molecule has 0 atom stereocenters. The molecule has 0 fully saturated rings. The molecule has 2 aromatic rings. The zero-order valence-corrected chi connectivity index (χ0v) is 11.7. The number of nitrogens with zero attached hydrogens (tertiary/aromatic N) is 1. The van der Waals surface area contributed by atoms with Gasteiger partial charge in [0.25, 0.3) is 0 Å². The van der Waals surface area contributed by atoms with Crippen LogP contribution in [0.4, 0.5) is 17.2 Å². The molecule has 2 rings (SSSR count). The highest BCUT2D eigenvalue weighted by atomic mass is 35.5. The summed E-state index contributed by atoms with van der Waals surface area (Å²) in [6, 6.07) is 9.31. The van der Waals surface area contributed by atoms with Crippen LogP contribution >= 0.6 is 11.6 Å². The average Bonchev–Trinajstić information content (AvgIpc) is 2.38. The Morgan fingerprint density at radius 3 is 2.79 bits per heavy atom. The maximum atomic E-state index is 6.08. The van der Waals surface area contributed by atoms with Gasteiger partial charge in [0.15, 0.2) is 0 Å². The molecule has 0 bridgehead atoms. The average molecular weight is 278 g/mol. The summed E-state index contributed by atoms with van der Waals surface area (Å²) in [7, 11) is 0. The van der Waals surface area contributed by atoms with Gasteiger partial charge in [0.2, 0.25) is 5.88 Å². The monoisotopic (exact) mass is 277 g/mol. The van der Waals surface area contributed by atoms with Crippen molar-refractivity contribution < 1.29 is 4.74 Å². The van der Waals surface area contributed by atoms with Gasteiger partial charge in [-0.2, -0.15) is 4.98 Å². The third-order valence-corrected chi connectivity index (χ3v) is 3.02. The first-order chi connectivity index (χ1) is 9.10. The second-order valence-corrected chi connectivity index (χ2v) is 4.52. The summed E-state index contributed by atoms with van der Waals surface area (Å²) in [5.41, 5.74) is 8.20. The van der Waals surface area contributed by atoms with Crippen LogP contribution in [0, 0.1) is 6.92 Å². The number of aromatic nitrogens is 1. The molecule has 1 aromatic carbocycles. The molecule has 19 heavy (non-hydrogen) atoms. The molecular weight excluding hydrogens is 262 g/mol. The predicted octanol–water partition coefficient (Wildman–Crippen LogP) is 3.77. The number of hydrogen-bond donors (Lipinski definition) is 2. The molecule has 1 aromatic heterocycles. The Hall–Kier alpha value is -1.94. The third-order valence-electron chi connectivity index (χ3n) is 2.62. The highest BCUT2D eigenvalue weighted by Gasteiger charge is 2.05. The lowest BCUT2D eigenvalue weighted by Crippen LogP contribution is -2.02. The number of nitrogens with one attached hydrogen (secondary N) is 1. The Morgan fingerprint density at radius 1 is 1.32 bits per heavy atom. The van der Waals surface area contributed by atoms with E-state index >= 15 is 0 Å². The van der Waals surface area contributed by atoms with Crippen molar-refractivity contribution in [2.45, 2.75) is 13.8 Å². The van der Waals surface area contributed by atoms with Gasteiger partial charge in [-0.1, -0.05) is 17.7 Å². The zero-order chi connectivity index (χ0) is 13.8. The Bertz CT molecular complexity index is 587. The maximum absolute atomic E-state index is 6.08. The highest BCUT2D eigenvalue weighted by molar-refractivity contribution is 6.31. The molecule has 0 radical (unpaired) electrons. The van der Waals surface area contributed by atoms with E-state index < -0.39 is 0 Å². The molecular formula is C14H16ClN3O. The van der Waals surface area contributed by atoms with Crippen molar-refractivity contribution >= 4 is 28.8 Å². The van der Waals surface area contributed by atoms with E-state index in [2.05, 4.69) is 10.3 Å². The minimum atomic E-state index is 0.436. The fraction of sp³-hybridized carbons (Fsp3) is 0.214. The molecule has 0 spiro atoms. The van der Waals surface area contributed by atoms with Gasteiger partial charge in [-0.05, 0) is 43.7 Å². The number of benzene rings is 1. The van der Waals surface area contributed by atoms with E-state index in [1.165, 1.54) is 0 Å². The van der Waals surface area contributed by atoms with Gasteiger partial charge < -0.3 is 15.8 Å². The summed E-state index contributed by atoms with van der Waals surface area (Å²) in [4.78, 5) is 4.31. The molecule has 100 valence electrons. The summed E-state index contributed by atoms with van der Waals surface area (Å²) >= 11 is 6.08. The first-order valence-corrected chi connectivity index (χ1v) is 6.40. The van der Waals surface area contributed by atoms with Crippen molar-refractivity contribution in [3.05, 3.63) is 40.9 Å². The van der Waals surface area contributed by atoms with Crippen molar-refractivity contribution in [3.63, 3.8) is 0 Å². The van der Waals surface area contributed by atoms with Gasteiger partial charge in [-0.3, -0.25) is 0 Å². The SMILES string of the molecule is CCOc1nc(Nc2ccc(C)c(Cl)c2)ccc1N. The Labute approximate surface area is 117 Å². The molecule has 0 aliphatic heterocycles. The number of ether oxygens (including phenoxy) is 1. The number of anilines is 3. The van der Waals surface area contributed by atoms with Gasteiger partial charge >= 0.3 is 0 Å². The summed E-state index contributed by atoms with van der Waals surface area (Å²) in [5.74, 6) is 1.10. The lowest BCUT2D eigenvalue weighted by molar-refractivity contribution is 0.329. The Morgan fingerprint density at radius 2 is 2.11 bits per heavy atom. The Balaban J connectivity index is 2.22. The number of pyridine rings is 1. The minimum absolute atomic E-state index is 0.436. The lowest BCUT2D eigenvalue weighted by atomic mass is 10.2. The lowest BCUT2D eigenvalue weighted by Gasteiger charge is -2.10. The van der Waals surface area contributed by atoms with Crippen LogP contribution in [0.15, 0.2) is 30.3 Å². The van der Waals surface area contributed by atoms with Crippen LogP contribution in [-0.2, 0) is 0 Å². The number of nitrogens with two attached hydrogens (primary N) is 1. The zero-order valence-electron chi connectivity index (χ0n) is 10.9. The molecule has 4 nitrogen and oxygen atoms in total. The van der Waals surface area contributed by atoms with E-state index in [4.69, 9.17) is 22.1 Å². The van der Waals surface area contributed by atoms with Gasteiger partial charge in [0.05, 0.1) is 12.3 Å². The van der Waals surface area contributed by atoms with E-state index in [0.29, 0.717) is 29.0 Å². The normalized spacial score (nSPS) is 10.3. The van der Waals surface area contributed by atoms with Gasteiger partial charge in [0, 0.05) is 10.7 Å². The van der Waals surface area contributed by atoms with Crippen LogP contribution < -0.4 is 15.8 Å². The molecule has 0 aliphatic carbocycles. The van der Waals surface area contributed by atoms with E-state index in [9.17, 15) is 0 Å². The number of rotatable bonds is 4. The van der Waals surface area contributed by atoms with Crippen molar-refractivity contribution in [2.24, 2.45) is 0 Å². The molecule has 0 saturated heterocycles. The van der Waals surface area contributed by atoms with Gasteiger partial charge in [-0.25, -0.2) is 0 Å². The van der Waals surface area contributed by atoms with Crippen molar-refractivity contribution in [2.75, 3.05) is 17.7 Å². The summed E-state index contributed by atoms with van der Waals surface area (Å²) < 4.78 is 5.36. The number of nitrogen functional groups attached to an aromatic ring is 1. The molecule has 3 N–H and O–H groups in total. The highest BCUT2D eigenvalue weighted by Crippen LogP contribution is 2.25. The van der Waals surface area contributed by atoms with Crippen LogP contribution in [0.3, 0.4) is 0 Å². The van der Waals surface area contributed by atoms with Crippen LogP contribution in [0.2, 0.25) is 5.02 Å². The molecule has 1 heterocycles. The second-order valence-electron chi connectivity index (χ2n) is 4.11. The van der Waals surface area contributed by atoms with Crippen LogP contribution in [0.1, 0.15) is 12.5 Å². The fourth-order valence-corrected chi connectivity index (χ4v) is 1.77. The van der Waals surface area contributed by atoms with E-state index in [1.54, 1.807) is 12.1 Å². The fourth-order valence-electron chi connectivity index (χ4n) is 1.59. The van der Waals surface area contributed by atoms with Crippen molar-refractivity contribution in [1.82, 2.24) is 4.98 Å². The van der Waals surface area contributed by atoms with Crippen LogP contribution in [-0.4, -0.2) is 11.6 Å². The summed E-state index contributed by atoms with van der Waals surface area (Å²) in [6.07, 6.45) is 0. The quantitative estimate of drug-likeness (QED) is 0.893. The topological polar surface area (TPSA) is 60.2 Å². The first-order valence-electron chi connectivity index (χ1n) is 6.02. The summed E-state index contributed by atoms with van der Waals surface area (Å²) in [5, 5.41) is 3.88. The van der Waals surface area contributed by atoms with Crippen LogP contribution in [0.25, 0.3) is 0 Å². The standard InChI is InChI=1S/C14H16ClN3O/c1-3-19-14-12(16)6-7-13(18-14)17-10-5-4-9(2)11(15)8-10/h4-8H,3,16H2,1-2H3,(H,17,18). The molecule has 0 saturated carbocycles. The molecule has 0 aliphatic rings. The number of hydrogen-bond acceptors (Lipinski definition) is 4. The van der Waals surface area contributed by atoms with Gasteiger partial charge in [-0.15, -0.1) is 0 Å². The van der Waals surface area contributed by atoms with E-state index in [-0.39, 0.29) is 0 Å². The Kier molecular flexibility index (Phi) is 4.12. The minimum Gasteiger partial charge on any atom is -0.476 e. The second kappa shape index (κ2) is 5.80. The smallest absolute Gasteiger partial charge is 0.239 e. The van der Waals surface area contributed by atoms with Crippen molar-refractivity contribution in [1.29, 1.82) is 0 Å². The third kappa shape index (κ3) is 3.29. The van der Waals surface area contributed by atoms with E-state index in [0.717, 1.165) is 11.3 Å². The first kappa shape index (κ1) is 13.5. The summed E-state index contributed by atoms with van der Waals surface area (Å²) in [6.45, 7) is 4.37. The van der Waals surface area contributed by atoms with Crippen molar-refractivity contribution in [3.8, 4) is 5.88 Å². The van der Waals surface area contributed by atoms with E-state index in [1.807, 2.05) is 32.0 Å². The predicted molar refractivity (Wildman–Crippen MR) is 79.3 cm³/mol. The molecule has 5 heteroatoms. The largest absolute Gasteiger partial charge is 0.476 e. The molecule has 0 amide bonds. The number of aryl methyl sites for hydroxylation is 1. The molecule has 0 unspecified atom stereocenters. The van der Waals surface area contributed by atoms with Gasteiger partial charge in [0.1, 0.15) is 5.82 Å². The maximum Gasteiger partial charge on any atom is 0.239 e.